The van der Waals surface area contributed by atoms with Gasteiger partial charge in [-0.2, -0.15) is 0 Å². The van der Waals surface area contributed by atoms with Crippen molar-refractivity contribution in [2.75, 3.05) is 78.5 Å². The van der Waals surface area contributed by atoms with Crippen LogP contribution in [0, 0.1) is 17.6 Å². The van der Waals surface area contributed by atoms with Gasteiger partial charge in [-0.25, -0.2) is 13.6 Å². The number of fused-ring (bicyclic) bond motifs is 1. The third-order valence-corrected chi connectivity index (χ3v) is 11.2. The molecular weight excluding hydrogens is 809 g/mol. The lowest BCUT2D eigenvalue weighted by Crippen LogP contribution is -2.60. The molecule has 1 saturated carbocycles. The standard InChI is InChI=1S/C44H61F2N7O9/c1-28(50(5)43(58)62-44(2,3)4)39(54)49-37(29-10-8-7-9-11-29)41(56)52-17-19-53(20-18-52)42(57)38-36(32-26-33(45)34(46)27-35(32)51(38)6)40(55)48-16-21-59-22-23-60-24-25-61-31-14-12-30(47)13-15-31/h12-15,26-29,37H,7-11,16-25,47H2,1-6H3,(H,48,55)(H,49,54). The summed E-state index contributed by atoms with van der Waals surface area (Å²) in [7, 11) is 2.98. The summed E-state index contributed by atoms with van der Waals surface area (Å²) < 4.78 is 52.6. The Kier molecular flexibility index (Phi) is 16.5. The molecule has 0 bridgehead atoms. The van der Waals surface area contributed by atoms with Crippen LogP contribution in [0.15, 0.2) is 36.4 Å². The number of ether oxygens (including phenoxy) is 4. The second-order valence-electron chi connectivity index (χ2n) is 16.7. The first-order valence-electron chi connectivity index (χ1n) is 21.2. The van der Waals surface area contributed by atoms with Gasteiger partial charge < -0.3 is 49.7 Å². The molecule has 2 unspecified atom stereocenters. The van der Waals surface area contributed by atoms with Crippen LogP contribution in [-0.2, 0) is 30.8 Å². The maximum Gasteiger partial charge on any atom is 0.410 e. The van der Waals surface area contributed by atoms with Crippen molar-refractivity contribution in [3.63, 3.8) is 0 Å². The van der Waals surface area contributed by atoms with Crippen LogP contribution in [0.4, 0.5) is 19.3 Å². The summed E-state index contributed by atoms with van der Waals surface area (Å²) >= 11 is 0. The fraction of sp³-hybridized carbons (Fsp3) is 0.568. The van der Waals surface area contributed by atoms with Crippen molar-refractivity contribution in [1.82, 2.24) is 29.9 Å². The van der Waals surface area contributed by atoms with E-state index in [0.29, 0.717) is 24.7 Å². The molecule has 5 amide bonds. The van der Waals surface area contributed by atoms with Crippen LogP contribution in [0.3, 0.4) is 0 Å². The van der Waals surface area contributed by atoms with Gasteiger partial charge in [0, 0.05) is 64.0 Å². The number of nitrogens with two attached hydrogens (primary N) is 1. The largest absolute Gasteiger partial charge is 0.491 e. The van der Waals surface area contributed by atoms with Gasteiger partial charge in [-0.05, 0) is 76.8 Å². The van der Waals surface area contributed by atoms with Gasteiger partial charge in [0.05, 0.1) is 37.5 Å². The number of carbonyl (C=O) groups excluding carboxylic acids is 5. The van der Waals surface area contributed by atoms with E-state index >= 15 is 0 Å². The molecule has 2 atom stereocenters. The van der Waals surface area contributed by atoms with Crippen molar-refractivity contribution in [2.24, 2.45) is 13.0 Å². The number of rotatable bonds is 17. The lowest BCUT2D eigenvalue weighted by molar-refractivity contribution is -0.140. The maximum atomic E-state index is 14.6. The third-order valence-electron chi connectivity index (χ3n) is 11.2. The summed E-state index contributed by atoms with van der Waals surface area (Å²) in [5.74, 6) is -3.72. The Hall–Kier alpha value is -5.49. The molecule has 18 heteroatoms. The Morgan fingerprint density at radius 3 is 2.11 bits per heavy atom. The summed E-state index contributed by atoms with van der Waals surface area (Å²) in [4.78, 5) is 72.8. The summed E-state index contributed by atoms with van der Waals surface area (Å²) in [5, 5.41) is 5.74. The molecule has 1 saturated heterocycles. The average Bonchev–Trinajstić information content (AvgIpc) is 3.52. The summed E-state index contributed by atoms with van der Waals surface area (Å²) in [6, 6.07) is 7.11. The molecule has 1 aliphatic carbocycles. The van der Waals surface area contributed by atoms with Crippen LogP contribution in [0.1, 0.15) is 80.6 Å². The zero-order valence-corrected chi connectivity index (χ0v) is 36.6. The Morgan fingerprint density at radius 1 is 0.871 bits per heavy atom. The molecule has 3 aromatic rings. The number of amides is 5. The second kappa shape index (κ2) is 21.5. The number of nitrogen functional groups attached to an aromatic ring is 1. The molecular formula is C44H61F2N7O9. The molecule has 2 aromatic carbocycles. The van der Waals surface area contributed by atoms with Gasteiger partial charge in [0.15, 0.2) is 11.6 Å². The van der Waals surface area contributed by atoms with Crippen LogP contribution in [-0.4, -0.2) is 139 Å². The van der Waals surface area contributed by atoms with E-state index in [0.717, 1.165) is 44.2 Å². The van der Waals surface area contributed by atoms with Crippen LogP contribution in [0.5, 0.6) is 5.75 Å². The van der Waals surface area contributed by atoms with E-state index in [1.165, 1.54) is 28.5 Å². The lowest BCUT2D eigenvalue weighted by Gasteiger charge is -2.39. The highest BCUT2D eigenvalue weighted by molar-refractivity contribution is 6.16. The van der Waals surface area contributed by atoms with Crippen molar-refractivity contribution in [1.29, 1.82) is 0 Å². The van der Waals surface area contributed by atoms with Gasteiger partial charge in [-0.15, -0.1) is 0 Å². The Balaban J connectivity index is 1.19. The van der Waals surface area contributed by atoms with E-state index in [-0.39, 0.29) is 86.5 Å². The number of hydrogen-bond acceptors (Lipinski definition) is 10. The summed E-state index contributed by atoms with van der Waals surface area (Å²) in [6.07, 6.45) is 3.71. The molecule has 16 nitrogen and oxygen atoms in total. The number of hydrogen-bond donors (Lipinski definition) is 3. The molecule has 2 heterocycles. The first kappa shape index (κ1) is 47.6. The minimum atomic E-state index is -1.17. The molecule has 1 aliphatic heterocycles. The van der Waals surface area contributed by atoms with Gasteiger partial charge in [0.1, 0.15) is 35.7 Å². The minimum absolute atomic E-state index is 0.0579. The first-order chi connectivity index (χ1) is 29.5. The molecule has 62 heavy (non-hydrogen) atoms. The van der Waals surface area contributed by atoms with Gasteiger partial charge in [0.2, 0.25) is 11.8 Å². The zero-order chi connectivity index (χ0) is 45.1. The SMILES string of the molecule is CC(C(=O)NC(C(=O)N1CCN(C(=O)c2c(C(=O)NCCOCCOCCOc3ccc(N)cc3)c3cc(F)c(F)cc3n2C)CC1)C1CCCCC1)N(C)C(=O)OC(C)(C)C. The number of carbonyl (C=O) groups is 5. The van der Waals surface area contributed by atoms with E-state index in [1.807, 2.05) is 0 Å². The highest BCUT2D eigenvalue weighted by Gasteiger charge is 2.39. The first-order valence-corrected chi connectivity index (χ1v) is 21.2. The predicted octanol–water partition coefficient (Wildman–Crippen LogP) is 4.49. The Bertz CT molecular complexity index is 2040. The topological polar surface area (TPSA) is 187 Å². The van der Waals surface area contributed by atoms with E-state index < -0.39 is 53.1 Å². The van der Waals surface area contributed by atoms with Crippen molar-refractivity contribution >= 4 is 46.3 Å². The minimum Gasteiger partial charge on any atom is -0.491 e. The highest BCUT2D eigenvalue weighted by Crippen LogP contribution is 2.31. The molecule has 2 aliphatic rings. The van der Waals surface area contributed by atoms with Crippen molar-refractivity contribution < 1.29 is 51.7 Å². The number of piperazine rings is 1. The number of likely N-dealkylation sites (N-methyl/N-ethyl adjacent to an activating group) is 1. The molecule has 0 spiro atoms. The average molecular weight is 870 g/mol. The van der Waals surface area contributed by atoms with E-state index in [4.69, 9.17) is 24.7 Å². The number of benzene rings is 2. The van der Waals surface area contributed by atoms with E-state index in [1.54, 1.807) is 56.9 Å². The van der Waals surface area contributed by atoms with Crippen molar-refractivity contribution in [2.45, 2.75) is 77.5 Å². The second-order valence-corrected chi connectivity index (χ2v) is 16.7. The number of aryl methyl sites for hydroxylation is 1. The molecule has 4 N–H and O–H groups in total. The van der Waals surface area contributed by atoms with Crippen molar-refractivity contribution in [3.8, 4) is 5.75 Å². The van der Waals surface area contributed by atoms with Crippen LogP contribution < -0.4 is 21.1 Å². The molecule has 1 aromatic heterocycles. The number of anilines is 1. The van der Waals surface area contributed by atoms with Crippen LogP contribution >= 0.6 is 0 Å². The molecule has 5 rings (SSSR count). The van der Waals surface area contributed by atoms with Crippen molar-refractivity contribution in [3.05, 3.63) is 59.3 Å². The highest BCUT2D eigenvalue weighted by atomic mass is 19.2. The van der Waals surface area contributed by atoms with Gasteiger partial charge in [-0.1, -0.05) is 19.3 Å². The fourth-order valence-electron chi connectivity index (χ4n) is 7.61. The fourth-order valence-corrected chi connectivity index (χ4v) is 7.61. The Morgan fingerprint density at radius 2 is 1.47 bits per heavy atom. The maximum absolute atomic E-state index is 14.6. The normalized spacial score (nSPS) is 15.8. The molecule has 0 radical (unpaired) electrons. The number of nitrogens with zero attached hydrogens (tertiary/aromatic N) is 4. The molecule has 340 valence electrons. The van der Waals surface area contributed by atoms with E-state index in [2.05, 4.69) is 10.6 Å². The third kappa shape index (κ3) is 12.3. The van der Waals surface area contributed by atoms with Crippen LogP contribution in [0.25, 0.3) is 10.9 Å². The summed E-state index contributed by atoms with van der Waals surface area (Å²) in [5.41, 5.74) is 5.54. The van der Waals surface area contributed by atoms with Crippen LogP contribution in [0.2, 0.25) is 0 Å². The number of aromatic nitrogens is 1. The summed E-state index contributed by atoms with van der Waals surface area (Å²) in [6.45, 7) is 8.63. The smallest absolute Gasteiger partial charge is 0.410 e. The lowest BCUT2D eigenvalue weighted by atomic mass is 9.83. The zero-order valence-electron chi connectivity index (χ0n) is 36.6. The predicted molar refractivity (Wildman–Crippen MR) is 228 cm³/mol. The quantitative estimate of drug-likeness (QED) is 0.129. The number of nitrogens with one attached hydrogen (secondary N) is 2. The van der Waals surface area contributed by atoms with E-state index in [9.17, 15) is 32.8 Å². The van der Waals surface area contributed by atoms with Gasteiger partial charge in [0.25, 0.3) is 11.8 Å². The number of halogens is 2. The van der Waals surface area contributed by atoms with Gasteiger partial charge in [-0.3, -0.25) is 24.1 Å². The molecule has 2 fully saturated rings. The van der Waals surface area contributed by atoms with Gasteiger partial charge >= 0.3 is 6.09 Å². The monoisotopic (exact) mass is 869 g/mol. The Labute approximate surface area is 361 Å².